The van der Waals surface area contributed by atoms with E-state index in [4.69, 9.17) is 9.47 Å². The van der Waals surface area contributed by atoms with Gasteiger partial charge in [0.2, 0.25) is 10.0 Å². The summed E-state index contributed by atoms with van der Waals surface area (Å²) in [7, 11) is -1.97. The van der Waals surface area contributed by atoms with Crippen LogP contribution in [0.3, 0.4) is 0 Å². The van der Waals surface area contributed by atoms with Crippen LogP contribution in [0.15, 0.2) is 30.3 Å². The Bertz CT molecular complexity index is 819. The molecule has 2 atom stereocenters. The zero-order chi connectivity index (χ0) is 21.1. The molecule has 1 amide bonds. The molecule has 166 valence electrons. The van der Waals surface area contributed by atoms with Crippen LogP contribution < -0.4 is 4.72 Å². The number of hydrogen-bond donors (Lipinski definition) is 1. The van der Waals surface area contributed by atoms with E-state index in [1.54, 1.807) is 4.90 Å². The fourth-order valence-electron chi connectivity index (χ4n) is 4.75. The Kier molecular flexibility index (Phi) is 6.65. The molecule has 1 saturated heterocycles. The van der Waals surface area contributed by atoms with Gasteiger partial charge in [0.15, 0.2) is 0 Å². The van der Waals surface area contributed by atoms with Crippen molar-refractivity contribution in [2.24, 2.45) is 0 Å². The molecule has 7 nitrogen and oxygen atoms in total. The monoisotopic (exact) mass is 436 g/mol. The van der Waals surface area contributed by atoms with Crippen molar-refractivity contribution in [3.63, 3.8) is 0 Å². The highest BCUT2D eigenvalue weighted by Crippen LogP contribution is 2.34. The zero-order valence-electron chi connectivity index (χ0n) is 17.5. The third-order valence-corrected chi connectivity index (χ3v) is 8.66. The van der Waals surface area contributed by atoms with Gasteiger partial charge < -0.3 is 14.4 Å². The van der Waals surface area contributed by atoms with Crippen LogP contribution in [0.1, 0.15) is 56.4 Å². The summed E-state index contributed by atoms with van der Waals surface area (Å²) >= 11 is 0. The highest BCUT2D eigenvalue weighted by molar-refractivity contribution is 7.90. The van der Waals surface area contributed by atoms with Crippen molar-refractivity contribution in [3.05, 3.63) is 35.9 Å². The zero-order valence-corrected chi connectivity index (χ0v) is 18.4. The summed E-state index contributed by atoms with van der Waals surface area (Å²) in [6.07, 6.45) is 5.84. The van der Waals surface area contributed by atoms with Gasteiger partial charge in [0, 0.05) is 12.6 Å². The largest absolute Gasteiger partial charge is 0.453 e. The molecule has 2 aliphatic carbocycles. The number of nitrogens with one attached hydrogen (secondary N) is 1. The molecule has 8 heteroatoms. The van der Waals surface area contributed by atoms with Crippen LogP contribution in [-0.2, 0) is 19.5 Å². The Morgan fingerprint density at radius 1 is 1.07 bits per heavy atom. The number of amides is 1. The van der Waals surface area contributed by atoms with Crippen LogP contribution in [0.5, 0.6) is 0 Å². The summed E-state index contributed by atoms with van der Waals surface area (Å²) < 4.78 is 38.8. The third-order valence-electron chi connectivity index (χ3n) is 6.68. The first-order valence-corrected chi connectivity index (χ1v) is 12.5. The minimum atomic E-state index is -3.32. The van der Waals surface area contributed by atoms with Crippen molar-refractivity contribution >= 4 is 16.1 Å². The lowest BCUT2D eigenvalue weighted by Crippen LogP contribution is -2.50. The summed E-state index contributed by atoms with van der Waals surface area (Å²) in [5, 5.41) is -0.278. The lowest BCUT2D eigenvalue weighted by Gasteiger charge is -2.32. The maximum absolute atomic E-state index is 12.4. The Hall–Kier alpha value is -1.64. The van der Waals surface area contributed by atoms with E-state index >= 15 is 0 Å². The first-order valence-electron chi connectivity index (χ1n) is 11.0. The Morgan fingerprint density at radius 3 is 2.40 bits per heavy atom. The first kappa shape index (κ1) is 21.6. The average molecular weight is 437 g/mol. The van der Waals surface area contributed by atoms with E-state index in [9.17, 15) is 13.2 Å². The second-order valence-corrected chi connectivity index (χ2v) is 10.7. The molecule has 2 saturated carbocycles. The van der Waals surface area contributed by atoms with E-state index in [2.05, 4.69) is 29.0 Å². The number of methoxy groups -OCH3 is 1. The topological polar surface area (TPSA) is 84.9 Å². The second-order valence-electron chi connectivity index (χ2n) is 8.71. The van der Waals surface area contributed by atoms with E-state index in [1.165, 1.54) is 12.7 Å². The molecule has 1 aromatic rings. The van der Waals surface area contributed by atoms with Crippen LogP contribution in [0.2, 0.25) is 0 Å². The molecule has 1 aromatic carbocycles. The van der Waals surface area contributed by atoms with Gasteiger partial charge in [0.05, 0.1) is 31.1 Å². The summed E-state index contributed by atoms with van der Waals surface area (Å²) in [4.78, 5) is 13.8. The maximum Gasteiger partial charge on any atom is 0.409 e. The van der Waals surface area contributed by atoms with E-state index in [0.29, 0.717) is 38.3 Å². The first-order chi connectivity index (χ1) is 14.5. The van der Waals surface area contributed by atoms with Gasteiger partial charge in [-0.1, -0.05) is 30.3 Å². The van der Waals surface area contributed by atoms with E-state index < -0.39 is 16.1 Å². The number of carbonyl (C=O) groups excluding carboxylic acids is 1. The fraction of sp³-hybridized carbons (Fsp3) is 0.682. The number of likely N-dealkylation sites (tertiary alicyclic amines) is 1. The standard InChI is InChI=1S/C22H32N2O5S/c1-28-22(25)24-14-13-20(23-30(26,27)19-11-12-19)21(24)15-29-18-9-7-17(8-10-18)16-5-3-2-4-6-16/h2-6,17-21,23H,7-15H2,1H3/t17?,18?,20?,21-/m0/s1. The van der Waals surface area contributed by atoms with Crippen molar-refractivity contribution < 1.29 is 22.7 Å². The van der Waals surface area contributed by atoms with Crippen molar-refractivity contribution in [1.82, 2.24) is 9.62 Å². The maximum atomic E-state index is 12.4. The molecule has 1 N–H and O–H groups in total. The van der Waals surface area contributed by atoms with Gasteiger partial charge in [-0.25, -0.2) is 17.9 Å². The number of ether oxygens (including phenoxy) is 2. The summed E-state index contributed by atoms with van der Waals surface area (Å²) in [5.74, 6) is 0.571. The quantitative estimate of drug-likeness (QED) is 0.710. The van der Waals surface area contributed by atoms with E-state index in [0.717, 1.165) is 25.7 Å². The molecular formula is C22H32N2O5S. The lowest BCUT2D eigenvalue weighted by atomic mass is 9.83. The van der Waals surface area contributed by atoms with E-state index in [-0.39, 0.29) is 23.4 Å². The van der Waals surface area contributed by atoms with Crippen molar-refractivity contribution in [1.29, 1.82) is 0 Å². The number of sulfonamides is 1. The van der Waals surface area contributed by atoms with Gasteiger partial charge in [0.1, 0.15) is 0 Å². The Morgan fingerprint density at radius 2 is 1.77 bits per heavy atom. The smallest absolute Gasteiger partial charge is 0.409 e. The number of rotatable bonds is 7. The van der Waals surface area contributed by atoms with Gasteiger partial charge >= 0.3 is 6.09 Å². The second kappa shape index (κ2) is 9.24. The van der Waals surface area contributed by atoms with Crippen LogP contribution in [0.25, 0.3) is 0 Å². The van der Waals surface area contributed by atoms with Gasteiger partial charge in [-0.05, 0) is 56.4 Å². The Balaban J connectivity index is 1.33. The fourth-order valence-corrected chi connectivity index (χ4v) is 6.40. The van der Waals surface area contributed by atoms with Gasteiger partial charge in [0.25, 0.3) is 0 Å². The number of hydrogen-bond acceptors (Lipinski definition) is 5. The van der Waals surface area contributed by atoms with Gasteiger partial charge in [-0.3, -0.25) is 0 Å². The molecule has 0 spiro atoms. The SMILES string of the molecule is COC(=O)N1CCC(NS(=O)(=O)C2CC2)[C@@H]1COC1CCC(c2ccccc2)CC1. The summed E-state index contributed by atoms with van der Waals surface area (Å²) in [6, 6.07) is 9.93. The lowest BCUT2D eigenvalue weighted by molar-refractivity contribution is -0.00535. The minimum Gasteiger partial charge on any atom is -0.453 e. The molecule has 0 bridgehead atoms. The molecule has 1 unspecified atom stereocenters. The minimum absolute atomic E-state index is 0.144. The van der Waals surface area contributed by atoms with Crippen LogP contribution in [0, 0.1) is 0 Å². The Labute approximate surface area is 179 Å². The number of carbonyl (C=O) groups is 1. The van der Waals surface area contributed by atoms with Crippen molar-refractivity contribution in [2.45, 2.75) is 74.3 Å². The molecule has 0 radical (unpaired) electrons. The summed E-state index contributed by atoms with van der Waals surface area (Å²) in [6.45, 7) is 0.799. The molecule has 1 aliphatic heterocycles. The third kappa shape index (κ3) is 4.98. The normalized spacial score (nSPS) is 29.7. The van der Waals surface area contributed by atoms with Crippen LogP contribution >= 0.6 is 0 Å². The molecule has 0 aromatic heterocycles. The molecule has 3 fully saturated rings. The van der Waals surface area contributed by atoms with E-state index in [1.807, 2.05) is 6.07 Å². The molecule has 3 aliphatic rings. The number of benzene rings is 1. The molecular weight excluding hydrogens is 404 g/mol. The van der Waals surface area contributed by atoms with Crippen LogP contribution in [0.4, 0.5) is 4.79 Å². The van der Waals surface area contributed by atoms with Crippen LogP contribution in [-0.4, -0.2) is 63.1 Å². The van der Waals surface area contributed by atoms with Gasteiger partial charge in [-0.15, -0.1) is 0 Å². The molecule has 4 rings (SSSR count). The summed E-state index contributed by atoms with van der Waals surface area (Å²) in [5.41, 5.74) is 1.39. The highest BCUT2D eigenvalue weighted by atomic mass is 32.2. The predicted octanol–water partition coefficient (Wildman–Crippen LogP) is 3.02. The average Bonchev–Trinajstić information content (AvgIpc) is 3.56. The predicted molar refractivity (Wildman–Crippen MR) is 114 cm³/mol. The molecule has 30 heavy (non-hydrogen) atoms. The van der Waals surface area contributed by atoms with Crippen molar-refractivity contribution in [2.75, 3.05) is 20.3 Å². The van der Waals surface area contributed by atoms with Gasteiger partial charge in [-0.2, -0.15) is 0 Å². The molecule has 1 heterocycles. The van der Waals surface area contributed by atoms with Crippen molar-refractivity contribution in [3.8, 4) is 0 Å². The number of nitrogens with zero attached hydrogens (tertiary/aromatic N) is 1. The highest BCUT2D eigenvalue weighted by Gasteiger charge is 2.44.